The quantitative estimate of drug-likeness (QED) is 0.356. The number of hydrogen-bond donors (Lipinski definition) is 2. The SMILES string of the molecule is C[C@H](Oc1cc(O[C@@H]2CNC23CC(F)(F)C3)nc(-c2noc3c2CCC[C@@]32CCCc3ccc(N)c(C#N)c32)n1)[C@@H]1C[C@@H](F)CN1C. The number of rotatable bonds is 6. The molecule has 5 aliphatic rings. The van der Waals surface area contributed by atoms with Crippen molar-refractivity contribution in [2.45, 2.75) is 106 Å². The van der Waals surface area contributed by atoms with Gasteiger partial charge in [0, 0.05) is 43.2 Å². The van der Waals surface area contributed by atoms with E-state index in [1.165, 1.54) is 0 Å². The van der Waals surface area contributed by atoms with Gasteiger partial charge >= 0.3 is 0 Å². The summed E-state index contributed by atoms with van der Waals surface area (Å²) >= 11 is 0. The average molecular weight is 650 g/mol. The van der Waals surface area contributed by atoms with Gasteiger partial charge in [-0.15, -0.1) is 0 Å². The summed E-state index contributed by atoms with van der Waals surface area (Å²) in [6.07, 6.45) is 2.80. The van der Waals surface area contributed by atoms with Gasteiger partial charge in [-0.2, -0.15) is 15.2 Å². The number of fused-ring (bicyclic) bond motifs is 4. The molecule has 2 saturated heterocycles. The normalized spacial score (nSPS) is 29.3. The van der Waals surface area contributed by atoms with E-state index in [1.807, 2.05) is 24.9 Å². The van der Waals surface area contributed by atoms with E-state index >= 15 is 0 Å². The molecule has 47 heavy (non-hydrogen) atoms. The van der Waals surface area contributed by atoms with Crippen LogP contribution in [0.3, 0.4) is 0 Å². The van der Waals surface area contributed by atoms with Crippen molar-refractivity contribution in [2.75, 3.05) is 25.9 Å². The molecule has 1 aromatic carbocycles. The standard InChI is InChI=1S/C34H38F3N7O3/c1-18(24-11-20(35)15-44(24)2)45-26-12-27(46-25-14-40-33(25)16-34(36,37)17-33)42-31(41-26)29-21-6-4-10-32(30(21)47-43-29)9-3-5-19-7-8-23(39)22(13-38)28(19)32/h7-8,12,18,20,24-25,40H,3-6,9-11,14-17,39H2,1-2H3/t18-,20+,24-,25+,32+/m0/s1. The zero-order chi connectivity index (χ0) is 32.7. The molecule has 2 spiro atoms. The van der Waals surface area contributed by atoms with Crippen molar-refractivity contribution in [1.29, 1.82) is 5.26 Å². The van der Waals surface area contributed by atoms with Gasteiger partial charge in [-0.05, 0) is 76.1 Å². The summed E-state index contributed by atoms with van der Waals surface area (Å²) in [7, 11) is 1.87. The number of nitrogen functional groups attached to an aromatic ring is 1. The number of benzene rings is 1. The summed E-state index contributed by atoms with van der Waals surface area (Å²) in [4.78, 5) is 11.4. The molecule has 0 amide bonds. The topological polar surface area (TPSA) is 135 Å². The summed E-state index contributed by atoms with van der Waals surface area (Å²) in [6, 6.07) is 7.58. The lowest BCUT2D eigenvalue weighted by Crippen LogP contribution is -2.78. The van der Waals surface area contributed by atoms with E-state index in [0.29, 0.717) is 48.6 Å². The molecule has 2 aromatic heterocycles. The highest BCUT2D eigenvalue weighted by atomic mass is 19.3. The maximum absolute atomic E-state index is 14.2. The number of anilines is 1. The van der Waals surface area contributed by atoms with E-state index in [2.05, 4.69) is 16.5 Å². The van der Waals surface area contributed by atoms with Crippen molar-refractivity contribution in [3.63, 3.8) is 0 Å². The molecule has 10 nitrogen and oxygen atoms in total. The van der Waals surface area contributed by atoms with Crippen LogP contribution in [0.15, 0.2) is 22.7 Å². The average Bonchev–Trinajstić information content (AvgIpc) is 3.61. The lowest BCUT2D eigenvalue weighted by atomic mass is 9.61. The molecule has 2 aliphatic heterocycles. The Kier molecular flexibility index (Phi) is 7.01. The number of likely N-dealkylation sites (tertiary alicyclic amines) is 1. The van der Waals surface area contributed by atoms with Crippen molar-refractivity contribution < 1.29 is 27.2 Å². The monoisotopic (exact) mass is 649 g/mol. The molecule has 0 radical (unpaired) electrons. The number of hydrogen-bond acceptors (Lipinski definition) is 10. The zero-order valence-electron chi connectivity index (χ0n) is 26.5. The maximum atomic E-state index is 14.2. The van der Waals surface area contributed by atoms with Crippen LogP contribution in [0.1, 0.15) is 79.9 Å². The van der Waals surface area contributed by atoms with Gasteiger partial charge in [0.05, 0.1) is 22.6 Å². The highest BCUT2D eigenvalue weighted by Crippen LogP contribution is 2.54. The first kappa shape index (κ1) is 30.4. The van der Waals surface area contributed by atoms with Gasteiger partial charge in [0.2, 0.25) is 11.8 Å². The summed E-state index contributed by atoms with van der Waals surface area (Å²) in [6.45, 7) is 2.63. The van der Waals surface area contributed by atoms with Crippen molar-refractivity contribution >= 4 is 5.69 Å². The minimum atomic E-state index is -2.72. The van der Waals surface area contributed by atoms with Gasteiger partial charge in [0.1, 0.15) is 24.4 Å². The summed E-state index contributed by atoms with van der Waals surface area (Å²) < 4.78 is 60.8. The fraction of sp³-hybridized carbons (Fsp3) is 0.588. The van der Waals surface area contributed by atoms with Crippen molar-refractivity contribution in [1.82, 2.24) is 25.3 Å². The van der Waals surface area contributed by atoms with E-state index in [4.69, 9.17) is 29.7 Å². The lowest BCUT2D eigenvalue weighted by molar-refractivity contribution is -0.193. The van der Waals surface area contributed by atoms with Crippen LogP contribution in [-0.2, 0) is 18.3 Å². The molecule has 3 aliphatic carbocycles. The molecule has 13 heteroatoms. The predicted octanol–water partition coefficient (Wildman–Crippen LogP) is 4.87. The third kappa shape index (κ3) is 4.86. The molecular formula is C34H38F3N7O3. The molecule has 3 fully saturated rings. The molecule has 0 unspecified atom stereocenters. The van der Waals surface area contributed by atoms with E-state index in [9.17, 15) is 18.4 Å². The van der Waals surface area contributed by atoms with Gasteiger partial charge in [0.25, 0.3) is 5.92 Å². The van der Waals surface area contributed by atoms with Crippen LogP contribution in [0.2, 0.25) is 0 Å². The third-order valence-electron chi connectivity index (χ3n) is 11.2. The smallest absolute Gasteiger partial charge is 0.252 e. The molecule has 1 saturated carbocycles. The highest BCUT2D eigenvalue weighted by Gasteiger charge is 2.65. The summed E-state index contributed by atoms with van der Waals surface area (Å²) in [5.41, 5.74) is 9.25. The molecule has 8 rings (SSSR count). The number of nitrogens with two attached hydrogens (primary N) is 1. The number of aryl methyl sites for hydroxylation is 1. The molecule has 0 bridgehead atoms. The van der Waals surface area contributed by atoms with Gasteiger partial charge in [-0.3, -0.25) is 4.90 Å². The van der Waals surface area contributed by atoms with Gasteiger partial charge in [-0.1, -0.05) is 11.2 Å². The predicted molar refractivity (Wildman–Crippen MR) is 165 cm³/mol. The Hall–Kier alpha value is -3.89. The fourth-order valence-electron chi connectivity index (χ4n) is 8.91. The number of halogens is 3. The highest BCUT2D eigenvalue weighted by molar-refractivity contribution is 5.67. The number of nitrogens with zero attached hydrogens (tertiary/aromatic N) is 5. The maximum Gasteiger partial charge on any atom is 0.252 e. The van der Waals surface area contributed by atoms with Gasteiger partial charge < -0.3 is 25.0 Å². The van der Waals surface area contributed by atoms with Crippen LogP contribution in [-0.4, -0.2) is 76.0 Å². The van der Waals surface area contributed by atoms with Crippen LogP contribution in [0.4, 0.5) is 18.9 Å². The summed E-state index contributed by atoms with van der Waals surface area (Å²) in [5, 5.41) is 17.8. The minimum Gasteiger partial charge on any atom is -0.473 e. The van der Waals surface area contributed by atoms with Crippen LogP contribution in [0.25, 0.3) is 11.5 Å². The second-order valence-corrected chi connectivity index (χ2v) is 14.2. The fourth-order valence-corrected chi connectivity index (χ4v) is 8.91. The zero-order valence-corrected chi connectivity index (χ0v) is 26.5. The van der Waals surface area contributed by atoms with Crippen molar-refractivity contribution in [3.05, 3.63) is 46.2 Å². The first-order valence-electron chi connectivity index (χ1n) is 16.5. The molecule has 4 heterocycles. The van der Waals surface area contributed by atoms with Crippen molar-refractivity contribution in [3.8, 4) is 29.3 Å². The van der Waals surface area contributed by atoms with E-state index in [-0.39, 0.29) is 36.5 Å². The minimum absolute atomic E-state index is 0.156. The van der Waals surface area contributed by atoms with Crippen LogP contribution in [0, 0.1) is 11.3 Å². The molecular weight excluding hydrogens is 611 g/mol. The Morgan fingerprint density at radius 1 is 1.17 bits per heavy atom. The van der Waals surface area contributed by atoms with E-state index < -0.39 is 35.3 Å². The molecule has 248 valence electrons. The van der Waals surface area contributed by atoms with E-state index in [1.54, 1.807) is 12.1 Å². The van der Waals surface area contributed by atoms with Crippen LogP contribution < -0.4 is 20.5 Å². The van der Waals surface area contributed by atoms with Crippen LogP contribution in [0.5, 0.6) is 11.8 Å². The van der Waals surface area contributed by atoms with Crippen LogP contribution >= 0.6 is 0 Å². The first-order chi connectivity index (χ1) is 22.5. The summed E-state index contributed by atoms with van der Waals surface area (Å²) in [5.74, 6) is -1.38. The Labute approximate surface area is 270 Å². The number of aromatic nitrogens is 3. The molecule has 5 atom stereocenters. The number of nitrogens with one attached hydrogen (secondary N) is 1. The van der Waals surface area contributed by atoms with Gasteiger partial charge in [0.15, 0.2) is 17.3 Å². The Bertz CT molecular complexity index is 1760. The van der Waals surface area contributed by atoms with Crippen molar-refractivity contribution in [2.24, 2.45) is 0 Å². The Morgan fingerprint density at radius 2 is 1.94 bits per heavy atom. The third-order valence-corrected chi connectivity index (χ3v) is 11.2. The van der Waals surface area contributed by atoms with E-state index in [0.717, 1.165) is 48.8 Å². The second-order valence-electron chi connectivity index (χ2n) is 14.2. The Balaban J connectivity index is 1.18. The molecule has 3 aromatic rings. The second kappa shape index (κ2) is 10.8. The number of nitriles is 1. The largest absolute Gasteiger partial charge is 0.473 e. The lowest BCUT2D eigenvalue weighted by Gasteiger charge is -2.58. The number of ether oxygens (including phenoxy) is 2. The molecule has 3 N–H and O–H groups in total. The number of likely N-dealkylation sites (N-methyl/N-ethyl adjacent to an activating group) is 1. The van der Waals surface area contributed by atoms with Gasteiger partial charge in [-0.25, -0.2) is 13.2 Å². The first-order valence-corrected chi connectivity index (χ1v) is 16.5. The Morgan fingerprint density at radius 3 is 2.62 bits per heavy atom. The number of alkyl halides is 3.